The maximum atomic E-state index is 6.14. The number of rotatable bonds is 1. The minimum Gasteiger partial charge on any atom is -0.325 e. The van der Waals surface area contributed by atoms with Crippen LogP contribution in [0.3, 0.4) is 0 Å². The minimum absolute atomic E-state index is 0.194. The molecule has 0 aromatic carbocycles. The Hall–Kier alpha value is 0.0500. The van der Waals surface area contributed by atoms with Crippen LogP contribution in [0.5, 0.6) is 0 Å². The van der Waals surface area contributed by atoms with Gasteiger partial charge in [-0.05, 0) is 24.7 Å². The van der Waals surface area contributed by atoms with E-state index in [-0.39, 0.29) is 5.54 Å². The zero-order chi connectivity index (χ0) is 7.03. The highest BCUT2D eigenvalue weighted by Gasteiger charge is 2.39. The second-order valence-corrected chi connectivity index (χ2v) is 4.29. The van der Waals surface area contributed by atoms with Crippen molar-refractivity contribution in [3.8, 4) is 0 Å². The molecule has 2 heteroatoms. The predicted molar refractivity (Wildman–Crippen MR) is 45.9 cm³/mol. The molecule has 10 heavy (non-hydrogen) atoms. The van der Waals surface area contributed by atoms with Crippen LogP contribution in [0.4, 0.5) is 0 Å². The standard InChI is InChI=1S/C8H13NS/c9-8(3-1-4-8)7-2-5-10-6-7/h2,5,7H,1,3-4,6,9H2. The number of hydrogen-bond donors (Lipinski definition) is 1. The highest BCUT2D eigenvalue weighted by molar-refractivity contribution is 8.02. The lowest BCUT2D eigenvalue weighted by Gasteiger charge is -2.42. The number of thioether (sulfide) groups is 1. The molecule has 1 nitrogen and oxygen atoms in total. The molecule has 1 saturated carbocycles. The van der Waals surface area contributed by atoms with Crippen LogP contribution in [0, 0.1) is 5.92 Å². The van der Waals surface area contributed by atoms with Crippen LogP contribution >= 0.6 is 11.8 Å². The molecule has 2 aliphatic rings. The molecule has 0 bridgehead atoms. The fourth-order valence-electron chi connectivity index (χ4n) is 1.68. The summed E-state index contributed by atoms with van der Waals surface area (Å²) in [4.78, 5) is 0. The molecular weight excluding hydrogens is 142 g/mol. The summed E-state index contributed by atoms with van der Waals surface area (Å²) in [7, 11) is 0. The van der Waals surface area contributed by atoms with Gasteiger partial charge in [-0.25, -0.2) is 0 Å². The molecule has 0 radical (unpaired) electrons. The normalized spacial score (nSPS) is 35.9. The summed E-state index contributed by atoms with van der Waals surface area (Å²) < 4.78 is 0. The number of nitrogens with two attached hydrogens (primary N) is 1. The molecular formula is C8H13NS. The van der Waals surface area contributed by atoms with Crippen molar-refractivity contribution >= 4 is 11.8 Å². The molecule has 2 N–H and O–H groups in total. The van der Waals surface area contributed by atoms with Crippen LogP contribution < -0.4 is 5.73 Å². The first-order chi connectivity index (χ1) is 4.81. The fraction of sp³-hybridized carbons (Fsp3) is 0.750. The van der Waals surface area contributed by atoms with Crippen molar-refractivity contribution in [2.45, 2.75) is 24.8 Å². The van der Waals surface area contributed by atoms with Crippen LogP contribution in [-0.4, -0.2) is 11.3 Å². The molecule has 0 saturated heterocycles. The van der Waals surface area contributed by atoms with Gasteiger partial charge in [0.05, 0.1) is 0 Å². The third-order valence-corrected chi connectivity index (χ3v) is 3.61. The Morgan fingerprint density at radius 1 is 1.50 bits per heavy atom. The summed E-state index contributed by atoms with van der Waals surface area (Å²) in [6.07, 6.45) is 6.10. The molecule has 1 heterocycles. The van der Waals surface area contributed by atoms with Crippen LogP contribution in [0.2, 0.25) is 0 Å². The van der Waals surface area contributed by atoms with Crippen molar-refractivity contribution in [2.75, 3.05) is 5.75 Å². The first-order valence-corrected chi connectivity index (χ1v) is 4.93. The summed E-state index contributed by atoms with van der Waals surface area (Å²) in [6, 6.07) is 0. The summed E-state index contributed by atoms with van der Waals surface area (Å²) in [6.45, 7) is 0. The zero-order valence-corrected chi connectivity index (χ0v) is 6.86. The lowest BCUT2D eigenvalue weighted by atomic mass is 9.69. The molecule has 0 aromatic heterocycles. The molecule has 2 rings (SSSR count). The molecule has 1 atom stereocenters. The van der Waals surface area contributed by atoms with Gasteiger partial charge in [0.1, 0.15) is 0 Å². The predicted octanol–water partition coefficient (Wildman–Crippen LogP) is 1.74. The molecule has 1 fully saturated rings. The Labute approximate surface area is 66.1 Å². The Balaban J connectivity index is 2.03. The average Bonchev–Trinajstić information content (AvgIpc) is 2.33. The summed E-state index contributed by atoms with van der Waals surface area (Å²) >= 11 is 1.90. The van der Waals surface area contributed by atoms with Gasteiger partial charge in [-0.2, -0.15) is 0 Å². The Kier molecular flexibility index (Phi) is 1.53. The smallest absolute Gasteiger partial charge is 0.0226 e. The SMILES string of the molecule is NC1(C2C=CSC2)CCC1. The molecule has 0 aromatic rings. The lowest BCUT2D eigenvalue weighted by molar-refractivity contribution is 0.198. The van der Waals surface area contributed by atoms with Gasteiger partial charge >= 0.3 is 0 Å². The van der Waals surface area contributed by atoms with E-state index in [1.54, 1.807) is 0 Å². The van der Waals surface area contributed by atoms with E-state index in [0.717, 1.165) is 0 Å². The monoisotopic (exact) mass is 155 g/mol. The topological polar surface area (TPSA) is 26.0 Å². The van der Waals surface area contributed by atoms with Gasteiger partial charge in [0.15, 0.2) is 0 Å². The summed E-state index contributed by atoms with van der Waals surface area (Å²) in [5, 5.41) is 2.19. The molecule has 56 valence electrons. The van der Waals surface area contributed by atoms with E-state index in [4.69, 9.17) is 5.73 Å². The summed E-state index contributed by atoms with van der Waals surface area (Å²) in [5.41, 5.74) is 6.34. The average molecular weight is 155 g/mol. The van der Waals surface area contributed by atoms with Crippen LogP contribution in [0.1, 0.15) is 19.3 Å². The van der Waals surface area contributed by atoms with Gasteiger partial charge in [-0.3, -0.25) is 0 Å². The van der Waals surface area contributed by atoms with Crippen LogP contribution in [0.15, 0.2) is 11.5 Å². The van der Waals surface area contributed by atoms with E-state index in [2.05, 4.69) is 11.5 Å². The van der Waals surface area contributed by atoms with E-state index in [1.165, 1.54) is 25.0 Å². The molecule has 1 aliphatic heterocycles. The Bertz CT molecular complexity index is 161. The van der Waals surface area contributed by atoms with Crippen molar-refractivity contribution in [1.82, 2.24) is 0 Å². The highest BCUT2D eigenvalue weighted by atomic mass is 32.2. The van der Waals surface area contributed by atoms with Crippen molar-refractivity contribution in [2.24, 2.45) is 11.7 Å². The summed E-state index contributed by atoms with van der Waals surface area (Å²) in [5.74, 6) is 1.89. The van der Waals surface area contributed by atoms with Gasteiger partial charge in [0, 0.05) is 17.2 Å². The van der Waals surface area contributed by atoms with E-state index in [9.17, 15) is 0 Å². The van der Waals surface area contributed by atoms with Crippen molar-refractivity contribution < 1.29 is 0 Å². The Morgan fingerprint density at radius 3 is 2.70 bits per heavy atom. The number of hydrogen-bond acceptors (Lipinski definition) is 2. The third-order valence-electron chi connectivity index (χ3n) is 2.71. The fourth-order valence-corrected chi connectivity index (χ4v) is 2.74. The third kappa shape index (κ3) is 0.903. The van der Waals surface area contributed by atoms with Gasteiger partial charge in [-0.15, -0.1) is 11.8 Å². The van der Waals surface area contributed by atoms with E-state index in [0.29, 0.717) is 5.92 Å². The van der Waals surface area contributed by atoms with E-state index < -0.39 is 0 Å². The minimum atomic E-state index is 0.194. The van der Waals surface area contributed by atoms with Gasteiger partial charge in [0.2, 0.25) is 0 Å². The second-order valence-electron chi connectivity index (χ2n) is 3.36. The van der Waals surface area contributed by atoms with E-state index in [1.807, 2.05) is 11.8 Å². The quantitative estimate of drug-likeness (QED) is 0.624. The largest absolute Gasteiger partial charge is 0.325 e. The van der Waals surface area contributed by atoms with Crippen molar-refractivity contribution in [3.05, 3.63) is 11.5 Å². The molecule has 0 amide bonds. The van der Waals surface area contributed by atoms with Gasteiger partial charge < -0.3 is 5.73 Å². The highest BCUT2D eigenvalue weighted by Crippen LogP contribution is 2.40. The molecule has 0 spiro atoms. The first-order valence-electron chi connectivity index (χ1n) is 3.88. The molecule has 1 unspecified atom stereocenters. The Morgan fingerprint density at radius 2 is 2.30 bits per heavy atom. The maximum Gasteiger partial charge on any atom is 0.0226 e. The lowest BCUT2D eigenvalue weighted by Crippen LogP contribution is -2.52. The first kappa shape index (κ1) is 6.74. The maximum absolute atomic E-state index is 6.14. The van der Waals surface area contributed by atoms with Gasteiger partial charge in [-0.1, -0.05) is 6.08 Å². The second kappa shape index (κ2) is 2.28. The van der Waals surface area contributed by atoms with Gasteiger partial charge in [0.25, 0.3) is 0 Å². The van der Waals surface area contributed by atoms with Crippen LogP contribution in [0.25, 0.3) is 0 Å². The van der Waals surface area contributed by atoms with Crippen LogP contribution in [-0.2, 0) is 0 Å². The molecule has 1 aliphatic carbocycles. The van der Waals surface area contributed by atoms with E-state index >= 15 is 0 Å². The zero-order valence-electron chi connectivity index (χ0n) is 6.05. The van der Waals surface area contributed by atoms with Crippen molar-refractivity contribution in [1.29, 1.82) is 0 Å². The van der Waals surface area contributed by atoms with Crippen molar-refractivity contribution in [3.63, 3.8) is 0 Å².